The number of aromatic nitrogens is 2. The molecule has 1 aromatic heterocycles. The van der Waals surface area contributed by atoms with Gasteiger partial charge in [0.25, 0.3) is 0 Å². The summed E-state index contributed by atoms with van der Waals surface area (Å²) in [6, 6.07) is 6.67. The highest BCUT2D eigenvalue weighted by Gasteiger charge is 2.35. The summed E-state index contributed by atoms with van der Waals surface area (Å²) in [5.74, 6) is 0.730. The molecule has 5 nitrogen and oxygen atoms in total. The number of halogens is 1. The van der Waals surface area contributed by atoms with Gasteiger partial charge in [-0.1, -0.05) is 25.0 Å². The van der Waals surface area contributed by atoms with Gasteiger partial charge in [0.2, 0.25) is 17.7 Å². The number of nitrogens with zero attached hydrogens (tertiary/aromatic N) is 2. The fourth-order valence-electron chi connectivity index (χ4n) is 3.44. The van der Waals surface area contributed by atoms with Gasteiger partial charge in [0.1, 0.15) is 5.82 Å². The van der Waals surface area contributed by atoms with Crippen LogP contribution < -0.4 is 5.32 Å². The highest BCUT2D eigenvalue weighted by molar-refractivity contribution is 5.76. The normalized spacial score (nSPS) is 16.2. The molecule has 6 heteroatoms. The van der Waals surface area contributed by atoms with Crippen molar-refractivity contribution in [1.82, 2.24) is 15.5 Å². The van der Waals surface area contributed by atoms with E-state index in [0.717, 1.165) is 31.2 Å². The summed E-state index contributed by atoms with van der Waals surface area (Å²) in [5.41, 5.74) is 1.03. The van der Waals surface area contributed by atoms with Crippen molar-refractivity contribution >= 4 is 5.91 Å². The Morgan fingerprint density at radius 1 is 1.25 bits per heavy atom. The minimum absolute atomic E-state index is 0.0285. The Kier molecular flexibility index (Phi) is 4.92. The molecule has 0 atom stereocenters. The van der Waals surface area contributed by atoms with E-state index in [1.54, 1.807) is 6.92 Å². The maximum Gasteiger partial charge on any atom is 0.220 e. The van der Waals surface area contributed by atoms with Gasteiger partial charge in [0, 0.05) is 31.7 Å². The van der Waals surface area contributed by atoms with Crippen LogP contribution in [0, 0.1) is 12.7 Å². The summed E-state index contributed by atoms with van der Waals surface area (Å²) in [4.78, 5) is 12.1. The second kappa shape index (κ2) is 7.11. The van der Waals surface area contributed by atoms with Crippen LogP contribution in [0.15, 0.2) is 28.7 Å². The van der Waals surface area contributed by atoms with Crippen molar-refractivity contribution in [3.63, 3.8) is 0 Å². The summed E-state index contributed by atoms with van der Waals surface area (Å²) >= 11 is 0. The van der Waals surface area contributed by atoms with Gasteiger partial charge in [0.05, 0.1) is 0 Å². The van der Waals surface area contributed by atoms with Gasteiger partial charge in [-0.3, -0.25) is 4.79 Å². The first-order valence-corrected chi connectivity index (χ1v) is 8.39. The second-order valence-corrected chi connectivity index (χ2v) is 6.49. The number of hydrogen-bond donors (Lipinski definition) is 1. The third-order valence-electron chi connectivity index (χ3n) is 4.78. The molecule has 1 saturated carbocycles. The predicted octanol–water partition coefficient (Wildman–Crippen LogP) is 3.08. The molecule has 1 heterocycles. The first-order valence-electron chi connectivity index (χ1n) is 8.39. The van der Waals surface area contributed by atoms with Crippen LogP contribution in [0.4, 0.5) is 4.39 Å². The van der Waals surface area contributed by atoms with Crippen LogP contribution >= 0.6 is 0 Å². The van der Waals surface area contributed by atoms with Gasteiger partial charge in [-0.15, -0.1) is 10.2 Å². The number of carbonyl (C=O) groups excluding carboxylic acids is 1. The van der Waals surface area contributed by atoms with E-state index in [9.17, 15) is 9.18 Å². The van der Waals surface area contributed by atoms with Gasteiger partial charge in [-0.2, -0.15) is 0 Å². The van der Waals surface area contributed by atoms with Crippen molar-refractivity contribution in [3.8, 4) is 0 Å². The second-order valence-electron chi connectivity index (χ2n) is 6.49. The van der Waals surface area contributed by atoms with Gasteiger partial charge >= 0.3 is 0 Å². The smallest absolute Gasteiger partial charge is 0.220 e. The molecular weight excluding hydrogens is 309 g/mol. The van der Waals surface area contributed by atoms with Crippen LogP contribution in [-0.2, 0) is 16.6 Å². The molecule has 1 aliphatic carbocycles. The molecule has 128 valence electrons. The van der Waals surface area contributed by atoms with E-state index >= 15 is 0 Å². The molecule has 2 aromatic rings. The zero-order valence-electron chi connectivity index (χ0n) is 13.8. The average molecular weight is 331 g/mol. The van der Waals surface area contributed by atoms with E-state index in [4.69, 9.17) is 4.42 Å². The molecule has 1 amide bonds. The van der Waals surface area contributed by atoms with Crippen LogP contribution in [0.3, 0.4) is 0 Å². The molecule has 0 radical (unpaired) electrons. The van der Waals surface area contributed by atoms with Gasteiger partial charge in [-0.25, -0.2) is 4.39 Å². The predicted molar refractivity (Wildman–Crippen MR) is 86.9 cm³/mol. The van der Waals surface area contributed by atoms with Gasteiger partial charge < -0.3 is 9.73 Å². The minimum atomic E-state index is -0.231. The Morgan fingerprint density at radius 3 is 2.58 bits per heavy atom. The average Bonchev–Trinajstić information content (AvgIpc) is 3.21. The van der Waals surface area contributed by atoms with Crippen LogP contribution in [0.5, 0.6) is 0 Å². The molecule has 1 fully saturated rings. The summed E-state index contributed by atoms with van der Waals surface area (Å²) in [7, 11) is 0. The number of carbonyl (C=O) groups is 1. The molecule has 1 N–H and O–H groups in total. The van der Waals surface area contributed by atoms with E-state index in [-0.39, 0.29) is 17.1 Å². The maximum atomic E-state index is 13.2. The van der Waals surface area contributed by atoms with E-state index in [0.29, 0.717) is 31.2 Å². The largest absolute Gasteiger partial charge is 0.426 e. The quantitative estimate of drug-likeness (QED) is 0.883. The first kappa shape index (κ1) is 16.6. The van der Waals surface area contributed by atoms with Crippen LogP contribution in [0.2, 0.25) is 0 Å². The van der Waals surface area contributed by atoms with E-state index in [2.05, 4.69) is 15.5 Å². The molecule has 0 bridgehead atoms. The van der Waals surface area contributed by atoms with Crippen LogP contribution in [0.1, 0.15) is 49.4 Å². The summed E-state index contributed by atoms with van der Waals surface area (Å²) in [6.07, 6.45) is 5.06. The van der Waals surface area contributed by atoms with Gasteiger partial charge in [0.15, 0.2) is 0 Å². The summed E-state index contributed by atoms with van der Waals surface area (Å²) in [5, 5.41) is 10.7. The molecule has 0 unspecified atom stereocenters. The molecular formula is C18H22FN3O2. The monoisotopic (exact) mass is 331 g/mol. The summed E-state index contributed by atoms with van der Waals surface area (Å²) < 4.78 is 18.5. The van der Waals surface area contributed by atoms with Crippen molar-refractivity contribution in [2.24, 2.45) is 0 Å². The molecule has 3 rings (SSSR count). The molecule has 0 spiro atoms. The number of amides is 1. The lowest BCUT2D eigenvalue weighted by molar-refractivity contribution is -0.121. The van der Waals surface area contributed by atoms with Crippen LogP contribution in [-0.4, -0.2) is 22.6 Å². The van der Waals surface area contributed by atoms with Crippen molar-refractivity contribution in [2.45, 2.75) is 50.9 Å². The highest BCUT2D eigenvalue weighted by atomic mass is 19.1. The van der Waals surface area contributed by atoms with E-state index in [1.165, 1.54) is 12.1 Å². The zero-order valence-corrected chi connectivity index (χ0v) is 13.8. The van der Waals surface area contributed by atoms with Gasteiger partial charge in [-0.05, 0) is 30.5 Å². The molecule has 0 saturated heterocycles. The molecule has 0 aliphatic heterocycles. The Labute approximate surface area is 140 Å². The Bertz CT molecular complexity index is 691. The standard InChI is InChI=1S/C18H22FN3O2/c1-13-21-22-17(24-13)9-8-16(23)20-12-18(10-2-3-11-18)14-4-6-15(19)7-5-14/h4-7H,2-3,8-12H2,1H3,(H,20,23). The molecule has 24 heavy (non-hydrogen) atoms. The third-order valence-corrected chi connectivity index (χ3v) is 4.78. The van der Waals surface area contributed by atoms with Crippen molar-refractivity contribution < 1.29 is 13.6 Å². The lowest BCUT2D eigenvalue weighted by Gasteiger charge is -2.30. The SMILES string of the molecule is Cc1nnc(CCC(=O)NCC2(c3ccc(F)cc3)CCCC2)o1. The molecule has 1 aliphatic rings. The van der Waals surface area contributed by atoms with E-state index in [1.807, 2.05) is 12.1 Å². The Morgan fingerprint density at radius 2 is 1.96 bits per heavy atom. The third kappa shape index (κ3) is 3.80. The number of rotatable bonds is 6. The fourth-order valence-corrected chi connectivity index (χ4v) is 3.44. The molecule has 1 aromatic carbocycles. The Hall–Kier alpha value is -2.24. The maximum absolute atomic E-state index is 13.2. The summed E-state index contributed by atoms with van der Waals surface area (Å²) in [6.45, 7) is 2.31. The minimum Gasteiger partial charge on any atom is -0.426 e. The highest BCUT2D eigenvalue weighted by Crippen LogP contribution is 2.40. The number of hydrogen-bond acceptors (Lipinski definition) is 4. The first-order chi connectivity index (χ1) is 11.6. The zero-order chi connectivity index (χ0) is 17.0. The van der Waals surface area contributed by atoms with E-state index < -0.39 is 0 Å². The number of nitrogens with one attached hydrogen (secondary N) is 1. The van der Waals surface area contributed by atoms with Crippen molar-refractivity contribution in [2.75, 3.05) is 6.54 Å². The number of benzene rings is 1. The van der Waals surface area contributed by atoms with Crippen molar-refractivity contribution in [1.29, 1.82) is 0 Å². The Balaban J connectivity index is 1.58. The number of aryl methyl sites for hydroxylation is 2. The fraction of sp³-hybridized carbons (Fsp3) is 0.500. The van der Waals surface area contributed by atoms with Crippen LogP contribution in [0.25, 0.3) is 0 Å². The topological polar surface area (TPSA) is 68.0 Å². The lowest BCUT2D eigenvalue weighted by Crippen LogP contribution is -2.39. The van der Waals surface area contributed by atoms with Crippen molar-refractivity contribution in [3.05, 3.63) is 47.4 Å². The lowest BCUT2D eigenvalue weighted by atomic mass is 9.79.